The number of benzene rings is 1. The maximum absolute atomic E-state index is 6.01. The summed E-state index contributed by atoms with van der Waals surface area (Å²) in [5.74, 6) is 0. The first-order valence-corrected chi connectivity index (χ1v) is 7.20. The first kappa shape index (κ1) is 14.5. The van der Waals surface area contributed by atoms with E-state index in [4.69, 9.17) is 9.47 Å². The van der Waals surface area contributed by atoms with Crippen LogP contribution in [0.3, 0.4) is 0 Å². The van der Waals surface area contributed by atoms with Gasteiger partial charge in [0.2, 0.25) is 0 Å². The fourth-order valence-corrected chi connectivity index (χ4v) is 2.73. The highest BCUT2D eigenvalue weighted by Gasteiger charge is 2.28. The van der Waals surface area contributed by atoms with Gasteiger partial charge in [0, 0.05) is 0 Å². The Morgan fingerprint density at radius 3 is 2.79 bits per heavy atom. The second-order valence-electron chi connectivity index (χ2n) is 5.33. The summed E-state index contributed by atoms with van der Waals surface area (Å²) in [6, 6.07) is 8.94. The molecule has 0 radical (unpaired) electrons. The molecule has 0 saturated carbocycles. The smallest absolute Gasteiger partial charge is 0.0774 e. The van der Waals surface area contributed by atoms with Crippen LogP contribution in [-0.4, -0.2) is 32.5 Å². The number of nitrogens with one attached hydrogen (secondary N) is 1. The first-order valence-electron chi connectivity index (χ1n) is 7.20. The van der Waals surface area contributed by atoms with E-state index in [1.54, 1.807) is 0 Å². The Bertz CT molecular complexity index is 392. The third-order valence-corrected chi connectivity index (χ3v) is 3.64. The van der Waals surface area contributed by atoms with Crippen molar-refractivity contribution in [3.8, 4) is 0 Å². The molecule has 1 N–H and O–H groups in total. The summed E-state index contributed by atoms with van der Waals surface area (Å²) in [5, 5.41) is 3.39. The zero-order chi connectivity index (χ0) is 13.7. The van der Waals surface area contributed by atoms with E-state index in [1.165, 1.54) is 11.1 Å². The molecule has 3 heteroatoms. The van der Waals surface area contributed by atoms with Gasteiger partial charge in [0.25, 0.3) is 0 Å². The topological polar surface area (TPSA) is 30.5 Å². The summed E-state index contributed by atoms with van der Waals surface area (Å²) in [6.45, 7) is 5.44. The van der Waals surface area contributed by atoms with Crippen LogP contribution in [0.5, 0.6) is 0 Å². The molecule has 0 fully saturated rings. The van der Waals surface area contributed by atoms with Crippen LogP contribution in [0.15, 0.2) is 24.3 Å². The fourth-order valence-electron chi connectivity index (χ4n) is 2.73. The monoisotopic (exact) mass is 263 g/mol. The van der Waals surface area contributed by atoms with E-state index in [0.717, 1.165) is 12.8 Å². The van der Waals surface area contributed by atoms with Crippen molar-refractivity contribution < 1.29 is 9.47 Å². The van der Waals surface area contributed by atoms with Crippen molar-refractivity contribution in [2.75, 3.05) is 20.3 Å². The number of hydrogen-bond acceptors (Lipinski definition) is 3. The number of fused-ring (bicyclic) bond motifs is 1. The Labute approximate surface area is 116 Å². The molecule has 1 aliphatic carbocycles. The van der Waals surface area contributed by atoms with Gasteiger partial charge in [-0.15, -0.1) is 0 Å². The van der Waals surface area contributed by atoms with E-state index in [-0.39, 0.29) is 12.2 Å². The summed E-state index contributed by atoms with van der Waals surface area (Å²) in [4.78, 5) is 0. The third kappa shape index (κ3) is 3.78. The minimum absolute atomic E-state index is 0.246. The molecular formula is C16H25NO2. The lowest BCUT2D eigenvalue weighted by Crippen LogP contribution is -2.36. The van der Waals surface area contributed by atoms with Crippen LogP contribution >= 0.6 is 0 Å². The van der Waals surface area contributed by atoms with Crippen LogP contribution in [0, 0.1) is 0 Å². The number of hydrogen-bond donors (Lipinski definition) is 1. The molecule has 3 nitrogen and oxygen atoms in total. The molecule has 0 heterocycles. The number of aryl methyl sites for hydroxylation is 1. The maximum Gasteiger partial charge on any atom is 0.0774 e. The van der Waals surface area contributed by atoms with Crippen LogP contribution in [0.4, 0.5) is 0 Å². The fraction of sp³-hybridized carbons (Fsp3) is 0.625. The number of rotatable bonds is 6. The molecule has 0 aromatic heterocycles. The Morgan fingerprint density at radius 2 is 2.05 bits per heavy atom. The molecule has 1 aromatic rings. The molecule has 0 amide bonds. The molecule has 19 heavy (non-hydrogen) atoms. The van der Waals surface area contributed by atoms with E-state index >= 15 is 0 Å². The van der Waals surface area contributed by atoms with Crippen molar-refractivity contribution in [3.63, 3.8) is 0 Å². The van der Waals surface area contributed by atoms with Gasteiger partial charge in [-0.05, 0) is 44.9 Å². The standard InChI is InChI=1S/C16H25NO2/c1-12(2)18-10-11-19-15-9-8-13-6-4-5-7-14(13)16(15)17-3/h4-7,12,15-17H,8-11H2,1-3H3. The molecule has 0 spiro atoms. The van der Waals surface area contributed by atoms with Crippen molar-refractivity contribution in [1.29, 1.82) is 0 Å². The second kappa shape index (κ2) is 7.04. The lowest BCUT2D eigenvalue weighted by atomic mass is 9.85. The number of likely N-dealkylation sites (N-methyl/N-ethyl adjacent to an activating group) is 1. The highest BCUT2D eigenvalue weighted by atomic mass is 16.5. The molecule has 2 atom stereocenters. The van der Waals surface area contributed by atoms with Crippen molar-refractivity contribution in [3.05, 3.63) is 35.4 Å². The van der Waals surface area contributed by atoms with Gasteiger partial charge in [0.15, 0.2) is 0 Å². The molecule has 1 aromatic carbocycles. The minimum atomic E-state index is 0.246. The van der Waals surface area contributed by atoms with Crippen LogP contribution in [0.1, 0.15) is 37.4 Å². The predicted molar refractivity (Wildman–Crippen MR) is 77.4 cm³/mol. The molecule has 0 saturated heterocycles. The number of ether oxygens (including phenoxy) is 2. The van der Waals surface area contributed by atoms with Crippen molar-refractivity contribution in [1.82, 2.24) is 5.32 Å². The predicted octanol–water partition coefficient (Wildman–Crippen LogP) is 2.70. The Balaban J connectivity index is 1.92. The average molecular weight is 263 g/mol. The minimum Gasteiger partial charge on any atom is -0.376 e. The van der Waals surface area contributed by atoms with Crippen LogP contribution < -0.4 is 5.32 Å². The average Bonchev–Trinajstić information content (AvgIpc) is 2.42. The third-order valence-electron chi connectivity index (χ3n) is 3.64. The SMILES string of the molecule is CNC1c2ccccc2CCC1OCCOC(C)C. The van der Waals surface area contributed by atoms with E-state index in [0.29, 0.717) is 19.3 Å². The Kier molecular flexibility index (Phi) is 5.37. The van der Waals surface area contributed by atoms with Gasteiger partial charge >= 0.3 is 0 Å². The Morgan fingerprint density at radius 1 is 1.26 bits per heavy atom. The summed E-state index contributed by atoms with van der Waals surface area (Å²) in [5.41, 5.74) is 2.83. The van der Waals surface area contributed by atoms with Crippen molar-refractivity contribution in [2.24, 2.45) is 0 Å². The summed E-state index contributed by atoms with van der Waals surface area (Å²) >= 11 is 0. The summed E-state index contributed by atoms with van der Waals surface area (Å²) < 4.78 is 11.5. The second-order valence-corrected chi connectivity index (χ2v) is 5.33. The lowest BCUT2D eigenvalue weighted by molar-refractivity contribution is -0.0302. The van der Waals surface area contributed by atoms with E-state index in [9.17, 15) is 0 Å². The highest BCUT2D eigenvalue weighted by Crippen LogP contribution is 2.31. The van der Waals surface area contributed by atoms with Crippen LogP contribution in [0.25, 0.3) is 0 Å². The van der Waals surface area contributed by atoms with Gasteiger partial charge in [-0.1, -0.05) is 24.3 Å². The molecule has 0 bridgehead atoms. The van der Waals surface area contributed by atoms with E-state index in [2.05, 4.69) is 29.6 Å². The largest absolute Gasteiger partial charge is 0.376 e. The van der Waals surface area contributed by atoms with E-state index in [1.807, 2.05) is 20.9 Å². The van der Waals surface area contributed by atoms with Gasteiger partial charge in [0.05, 0.1) is 31.5 Å². The van der Waals surface area contributed by atoms with Gasteiger partial charge in [-0.2, -0.15) is 0 Å². The zero-order valence-corrected chi connectivity index (χ0v) is 12.2. The zero-order valence-electron chi connectivity index (χ0n) is 12.2. The van der Waals surface area contributed by atoms with Gasteiger partial charge in [-0.3, -0.25) is 0 Å². The van der Waals surface area contributed by atoms with Crippen LogP contribution in [0.2, 0.25) is 0 Å². The molecular weight excluding hydrogens is 238 g/mol. The normalized spacial score (nSPS) is 22.5. The Hall–Kier alpha value is -0.900. The molecule has 1 aliphatic rings. The quantitative estimate of drug-likeness (QED) is 0.801. The van der Waals surface area contributed by atoms with Gasteiger partial charge in [0.1, 0.15) is 0 Å². The molecule has 106 valence electrons. The van der Waals surface area contributed by atoms with Gasteiger partial charge < -0.3 is 14.8 Å². The van der Waals surface area contributed by atoms with Crippen molar-refractivity contribution >= 4 is 0 Å². The van der Waals surface area contributed by atoms with Gasteiger partial charge in [-0.25, -0.2) is 0 Å². The molecule has 2 rings (SSSR count). The highest BCUT2D eigenvalue weighted by molar-refractivity contribution is 5.33. The maximum atomic E-state index is 6.01. The van der Waals surface area contributed by atoms with E-state index < -0.39 is 0 Å². The first-order chi connectivity index (χ1) is 9.22. The van der Waals surface area contributed by atoms with Crippen LogP contribution in [-0.2, 0) is 15.9 Å². The lowest BCUT2D eigenvalue weighted by Gasteiger charge is -2.33. The molecule has 2 unspecified atom stereocenters. The summed E-state index contributed by atoms with van der Waals surface area (Å²) in [6.07, 6.45) is 2.69. The molecule has 0 aliphatic heterocycles. The summed E-state index contributed by atoms with van der Waals surface area (Å²) in [7, 11) is 2.01. The van der Waals surface area contributed by atoms with Crippen molar-refractivity contribution in [2.45, 2.75) is 44.9 Å².